The van der Waals surface area contributed by atoms with Crippen molar-refractivity contribution >= 4 is 11.7 Å². The zero-order valence-electron chi connectivity index (χ0n) is 12.4. The molecule has 2 atom stereocenters. The van der Waals surface area contributed by atoms with Crippen molar-refractivity contribution in [1.82, 2.24) is 14.9 Å². The Kier molecular flexibility index (Phi) is 4.34. The molecule has 2 aliphatic heterocycles. The van der Waals surface area contributed by atoms with Crippen LogP contribution in [0, 0.1) is 11.8 Å². The average Bonchev–Trinajstić information content (AvgIpc) is 2.96. The Balaban J connectivity index is 1.59. The molecule has 2 fully saturated rings. The molecule has 1 amide bonds. The van der Waals surface area contributed by atoms with Gasteiger partial charge in [-0.15, -0.1) is 0 Å². The van der Waals surface area contributed by atoms with E-state index < -0.39 is 0 Å². The highest BCUT2D eigenvalue weighted by molar-refractivity contribution is 5.77. The first-order chi connectivity index (χ1) is 10.3. The molecule has 0 radical (unpaired) electrons. The number of hydrogen-bond donors (Lipinski definition) is 0. The number of amides is 1. The summed E-state index contributed by atoms with van der Waals surface area (Å²) in [5.41, 5.74) is 0. The maximum atomic E-state index is 12.1. The highest BCUT2D eigenvalue weighted by Gasteiger charge is 2.38. The van der Waals surface area contributed by atoms with Crippen molar-refractivity contribution in [2.45, 2.75) is 13.3 Å². The molecular formula is C15H22N4O2. The van der Waals surface area contributed by atoms with E-state index in [1.54, 1.807) is 12.4 Å². The standard InChI is InChI=1S/C15H22N4O2/c1-2-21-11-15(20)19-8-12-3-6-18(9-13(12)10-19)14-7-16-4-5-17-14/h4-5,7,12-13H,2-3,6,8-11H2,1H3/t12-,13+/m0/s1. The maximum Gasteiger partial charge on any atom is 0.248 e. The lowest BCUT2D eigenvalue weighted by Gasteiger charge is -2.34. The number of rotatable bonds is 4. The smallest absolute Gasteiger partial charge is 0.248 e. The van der Waals surface area contributed by atoms with Gasteiger partial charge in [-0.05, 0) is 25.2 Å². The van der Waals surface area contributed by atoms with E-state index in [4.69, 9.17) is 4.74 Å². The molecule has 1 aromatic heterocycles. The molecule has 3 rings (SSSR count). The second-order valence-corrected chi connectivity index (χ2v) is 5.75. The number of carbonyl (C=O) groups is 1. The second kappa shape index (κ2) is 6.39. The van der Waals surface area contributed by atoms with Crippen LogP contribution >= 0.6 is 0 Å². The molecule has 0 spiro atoms. The van der Waals surface area contributed by atoms with Gasteiger partial charge in [0, 0.05) is 45.2 Å². The fourth-order valence-corrected chi connectivity index (χ4v) is 3.32. The molecule has 0 aromatic carbocycles. The third-order valence-corrected chi connectivity index (χ3v) is 4.46. The van der Waals surface area contributed by atoms with Crippen LogP contribution in [-0.2, 0) is 9.53 Å². The Bertz CT molecular complexity index is 482. The van der Waals surface area contributed by atoms with E-state index in [0.29, 0.717) is 18.4 Å². The minimum atomic E-state index is 0.123. The summed E-state index contributed by atoms with van der Waals surface area (Å²) in [4.78, 5) is 24.8. The van der Waals surface area contributed by atoms with Gasteiger partial charge in [0.1, 0.15) is 12.4 Å². The molecule has 1 aromatic rings. The Morgan fingerprint density at radius 3 is 2.95 bits per heavy atom. The van der Waals surface area contributed by atoms with Crippen LogP contribution in [0.2, 0.25) is 0 Å². The molecule has 0 saturated carbocycles. The first-order valence-electron chi connectivity index (χ1n) is 7.64. The van der Waals surface area contributed by atoms with Gasteiger partial charge in [-0.25, -0.2) is 4.98 Å². The maximum absolute atomic E-state index is 12.1. The Morgan fingerprint density at radius 1 is 1.33 bits per heavy atom. The molecule has 114 valence electrons. The van der Waals surface area contributed by atoms with E-state index in [9.17, 15) is 4.79 Å². The van der Waals surface area contributed by atoms with Gasteiger partial charge in [-0.1, -0.05) is 0 Å². The van der Waals surface area contributed by atoms with E-state index >= 15 is 0 Å². The highest BCUT2D eigenvalue weighted by Crippen LogP contribution is 2.32. The van der Waals surface area contributed by atoms with E-state index in [0.717, 1.165) is 38.4 Å². The SMILES string of the molecule is CCOCC(=O)N1C[C@@H]2CCN(c3cnccn3)C[C@@H]2C1. The number of fused-ring (bicyclic) bond motifs is 1. The topological polar surface area (TPSA) is 58.6 Å². The van der Waals surface area contributed by atoms with Gasteiger partial charge in [-0.2, -0.15) is 0 Å². The number of ether oxygens (including phenoxy) is 1. The highest BCUT2D eigenvalue weighted by atomic mass is 16.5. The Labute approximate surface area is 125 Å². The lowest BCUT2D eigenvalue weighted by molar-refractivity contribution is -0.135. The largest absolute Gasteiger partial charge is 0.372 e. The number of carbonyl (C=O) groups excluding carboxylic acids is 1. The molecule has 0 bridgehead atoms. The molecular weight excluding hydrogens is 268 g/mol. The predicted octanol–water partition coefficient (Wildman–Crippen LogP) is 0.798. The number of hydrogen-bond acceptors (Lipinski definition) is 5. The molecule has 21 heavy (non-hydrogen) atoms. The summed E-state index contributed by atoms with van der Waals surface area (Å²) in [5.74, 6) is 2.21. The fraction of sp³-hybridized carbons (Fsp3) is 0.667. The van der Waals surface area contributed by atoms with Gasteiger partial charge in [0.25, 0.3) is 0 Å². The molecule has 6 heteroatoms. The third-order valence-electron chi connectivity index (χ3n) is 4.46. The summed E-state index contributed by atoms with van der Waals surface area (Å²) in [5, 5.41) is 0. The molecule has 3 heterocycles. The minimum Gasteiger partial charge on any atom is -0.372 e. The van der Waals surface area contributed by atoms with Crippen molar-refractivity contribution in [3.8, 4) is 0 Å². The fourth-order valence-electron chi connectivity index (χ4n) is 3.32. The van der Waals surface area contributed by atoms with Crippen LogP contribution in [-0.4, -0.2) is 60.2 Å². The molecule has 2 aliphatic rings. The Morgan fingerprint density at radius 2 is 2.19 bits per heavy atom. The summed E-state index contributed by atoms with van der Waals surface area (Å²) in [6.45, 7) is 6.39. The number of aromatic nitrogens is 2. The molecule has 0 unspecified atom stereocenters. The second-order valence-electron chi connectivity index (χ2n) is 5.75. The number of nitrogens with zero attached hydrogens (tertiary/aromatic N) is 4. The molecule has 2 saturated heterocycles. The molecule has 0 N–H and O–H groups in total. The number of piperidine rings is 1. The minimum absolute atomic E-state index is 0.123. The number of anilines is 1. The van der Waals surface area contributed by atoms with Gasteiger partial charge in [0.15, 0.2) is 0 Å². The summed E-state index contributed by atoms with van der Waals surface area (Å²) < 4.78 is 5.23. The van der Waals surface area contributed by atoms with Gasteiger partial charge in [0.2, 0.25) is 5.91 Å². The van der Waals surface area contributed by atoms with Crippen molar-refractivity contribution in [3.05, 3.63) is 18.6 Å². The van der Waals surface area contributed by atoms with Crippen LogP contribution in [0.3, 0.4) is 0 Å². The van der Waals surface area contributed by atoms with Crippen LogP contribution < -0.4 is 4.90 Å². The first kappa shape index (κ1) is 14.3. The van der Waals surface area contributed by atoms with Crippen LogP contribution in [0.4, 0.5) is 5.82 Å². The predicted molar refractivity (Wildman–Crippen MR) is 78.9 cm³/mol. The van der Waals surface area contributed by atoms with Gasteiger partial charge < -0.3 is 14.5 Å². The number of likely N-dealkylation sites (tertiary alicyclic amines) is 1. The van der Waals surface area contributed by atoms with E-state index in [-0.39, 0.29) is 12.5 Å². The van der Waals surface area contributed by atoms with Crippen LogP contribution in [0.5, 0.6) is 0 Å². The summed E-state index contributed by atoms with van der Waals surface area (Å²) >= 11 is 0. The lowest BCUT2D eigenvalue weighted by atomic mass is 9.89. The van der Waals surface area contributed by atoms with E-state index in [1.165, 1.54) is 0 Å². The van der Waals surface area contributed by atoms with Gasteiger partial charge in [0.05, 0.1) is 6.20 Å². The van der Waals surface area contributed by atoms with E-state index in [2.05, 4.69) is 14.9 Å². The summed E-state index contributed by atoms with van der Waals surface area (Å²) in [6.07, 6.45) is 6.35. The van der Waals surface area contributed by atoms with Gasteiger partial charge in [-0.3, -0.25) is 9.78 Å². The summed E-state index contributed by atoms with van der Waals surface area (Å²) in [6, 6.07) is 0. The molecule has 0 aliphatic carbocycles. The van der Waals surface area contributed by atoms with Gasteiger partial charge >= 0.3 is 0 Å². The van der Waals surface area contributed by atoms with Crippen LogP contribution in [0.1, 0.15) is 13.3 Å². The zero-order valence-corrected chi connectivity index (χ0v) is 12.4. The van der Waals surface area contributed by atoms with Crippen LogP contribution in [0.25, 0.3) is 0 Å². The van der Waals surface area contributed by atoms with Crippen molar-refractivity contribution in [2.75, 3.05) is 44.3 Å². The average molecular weight is 290 g/mol. The first-order valence-corrected chi connectivity index (χ1v) is 7.64. The third kappa shape index (κ3) is 3.15. The lowest BCUT2D eigenvalue weighted by Crippen LogP contribution is -2.40. The molecule has 6 nitrogen and oxygen atoms in total. The monoisotopic (exact) mass is 290 g/mol. The van der Waals surface area contributed by atoms with Crippen LogP contribution in [0.15, 0.2) is 18.6 Å². The Hall–Kier alpha value is -1.69. The van der Waals surface area contributed by atoms with Crippen molar-refractivity contribution in [1.29, 1.82) is 0 Å². The van der Waals surface area contributed by atoms with Crippen molar-refractivity contribution in [3.63, 3.8) is 0 Å². The van der Waals surface area contributed by atoms with Crippen molar-refractivity contribution < 1.29 is 9.53 Å². The van der Waals surface area contributed by atoms with E-state index in [1.807, 2.05) is 18.0 Å². The quantitative estimate of drug-likeness (QED) is 0.821. The zero-order chi connectivity index (χ0) is 14.7. The summed E-state index contributed by atoms with van der Waals surface area (Å²) in [7, 11) is 0. The van der Waals surface area contributed by atoms with Crippen molar-refractivity contribution in [2.24, 2.45) is 11.8 Å². The normalized spacial score (nSPS) is 25.0.